The molecule has 0 spiro atoms. The second-order valence-corrected chi connectivity index (χ2v) is 8.62. The molecule has 6 nitrogen and oxygen atoms in total. The first-order chi connectivity index (χ1) is 12.1. The van der Waals surface area contributed by atoms with Crippen molar-refractivity contribution < 1.29 is 0 Å². The maximum Gasteiger partial charge on any atom is 0.280 e. The van der Waals surface area contributed by atoms with Crippen molar-refractivity contribution in [2.45, 2.75) is 63.8 Å². The van der Waals surface area contributed by atoms with E-state index in [0.717, 1.165) is 30.0 Å². The van der Waals surface area contributed by atoms with E-state index in [4.69, 9.17) is 4.98 Å². The zero-order chi connectivity index (χ0) is 17.2. The summed E-state index contributed by atoms with van der Waals surface area (Å²) in [6.07, 6.45) is 8.83. The van der Waals surface area contributed by atoms with Crippen LogP contribution in [-0.4, -0.2) is 26.6 Å². The highest BCUT2D eigenvalue weighted by atomic mass is 16.1. The standard InChI is InChI=1S/C19H27N5O/c1-3-4-24-16(25)14-15(23-18(24)20-2)22-17(21-14)19-8-11-5-12(9-19)7-13(6-11)10-19/h11-13H,3-10H2,1-2H3,(H,20,23)(H,21,22). The number of fused-ring (bicyclic) bond motifs is 1. The lowest BCUT2D eigenvalue weighted by Crippen LogP contribution is -2.49. The molecule has 2 aromatic rings. The van der Waals surface area contributed by atoms with Crippen molar-refractivity contribution in [2.24, 2.45) is 17.8 Å². The number of rotatable bonds is 4. The van der Waals surface area contributed by atoms with Crippen molar-refractivity contribution in [3.8, 4) is 0 Å². The zero-order valence-electron chi connectivity index (χ0n) is 15.1. The molecule has 0 radical (unpaired) electrons. The van der Waals surface area contributed by atoms with Gasteiger partial charge in [-0.05, 0) is 62.7 Å². The van der Waals surface area contributed by atoms with E-state index in [1.807, 2.05) is 7.05 Å². The van der Waals surface area contributed by atoms with Crippen LogP contribution in [0.2, 0.25) is 0 Å². The van der Waals surface area contributed by atoms with Gasteiger partial charge in [0.25, 0.3) is 5.56 Å². The number of hydrogen-bond donors (Lipinski definition) is 2. The highest BCUT2D eigenvalue weighted by Crippen LogP contribution is 2.60. The number of nitrogens with zero attached hydrogens (tertiary/aromatic N) is 3. The monoisotopic (exact) mass is 341 g/mol. The van der Waals surface area contributed by atoms with E-state index in [0.29, 0.717) is 23.7 Å². The lowest BCUT2D eigenvalue weighted by Gasteiger charge is -2.55. The Morgan fingerprint density at radius 2 is 1.80 bits per heavy atom. The molecular weight excluding hydrogens is 314 g/mol. The third-order valence-electron chi connectivity index (χ3n) is 6.82. The summed E-state index contributed by atoms with van der Waals surface area (Å²) in [6.45, 7) is 2.74. The van der Waals surface area contributed by atoms with Gasteiger partial charge in [0.15, 0.2) is 11.2 Å². The summed E-state index contributed by atoms with van der Waals surface area (Å²) >= 11 is 0. The normalized spacial score (nSPS) is 33.3. The van der Waals surface area contributed by atoms with Gasteiger partial charge in [0.05, 0.1) is 0 Å². The fourth-order valence-corrected chi connectivity index (χ4v) is 6.26. The summed E-state index contributed by atoms with van der Waals surface area (Å²) < 4.78 is 1.73. The van der Waals surface area contributed by atoms with Crippen LogP contribution in [0.1, 0.15) is 57.7 Å². The van der Waals surface area contributed by atoms with Crippen LogP contribution >= 0.6 is 0 Å². The van der Waals surface area contributed by atoms with Gasteiger partial charge in [0.1, 0.15) is 5.82 Å². The minimum Gasteiger partial charge on any atom is -0.359 e. The Morgan fingerprint density at radius 1 is 1.16 bits per heavy atom. The van der Waals surface area contributed by atoms with Gasteiger partial charge in [0, 0.05) is 19.0 Å². The van der Waals surface area contributed by atoms with Crippen LogP contribution in [0.4, 0.5) is 5.95 Å². The van der Waals surface area contributed by atoms with Crippen LogP contribution < -0.4 is 10.9 Å². The van der Waals surface area contributed by atoms with Crippen LogP contribution in [0.15, 0.2) is 4.79 Å². The van der Waals surface area contributed by atoms with Gasteiger partial charge in [-0.15, -0.1) is 0 Å². The van der Waals surface area contributed by atoms with Gasteiger partial charge in [-0.2, -0.15) is 4.98 Å². The summed E-state index contributed by atoms with van der Waals surface area (Å²) in [5.74, 6) is 4.22. The van der Waals surface area contributed by atoms with Crippen molar-refractivity contribution in [1.29, 1.82) is 0 Å². The second-order valence-electron chi connectivity index (χ2n) is 8.62. The average molecular weight is 341 g/mol. The van der Waals surface area contributed by atoms with Crippen LogP contribution in [0.3, 0.4) is 0 Å². The van der Waals surface area contributed by atoms with Crippen molar-refractivity contribution >= 4 is 17.1 Å². The first kappa shape index (κ1) is 15.4. The number of hydrogen-bond acceptors (Lipinski definition) is 4. The Bertz CT molecular complexity index is 845. The number of aromatic amines is 1. The number of imidazole rings is 1. The molecule has 0 aliphatic heterocycles. The summed E-state index contributed by atoms with van der Waals surface area (Å²) in [7, 11) is 1.81. The fraction of sp³-hybridized carbons (Fsp3) is 0.737. The molecule has 2 aromatic heterocycles. The van der Waals surface area contributed by atoms with Crippen LogP contribution in [0.25, 0.3) is 11.2 Å². The molecule has 4 bridgehead atoms. The largest absolute Gasteiger partial charge is 0.359 e. The van der Waals surface area contributed by atoms with Crippen LogP contribution in [0, 0.1) is 17.8 Å². The highest BCUT2D eigenvalue weighted by molar-refractivity contribution is 5.71. The molecule has 134 valence electrons. The maximum atomic E-state index is 13.0. The molecule has 0 amide bonds. The predicted octanol–water partition coefficient (Wildman–Crippen LogP) is 3.04. The molecule has 0 atom stereocenters. The highest BCUT2D eigenvalue weighted by Gasteiger charge is 2.53. The van der Waals surface area contributed by atoms with Gasteiger partial charge in [-0.1, -0.05) is 6.92 Å². The minimum absolute atomic E-state index is 0.000298. The van der Waals surface area contributed by atoms with Crippen molar-refractivity contribution in [1.82, 2.24) is 19.5 Å². The molecule has 6 rings (SSSR count). The van der Waals surface area contributed by atoms with E-state index in [1.54, 1.807) is 4.57 Å². The summed E-state index contributed by atoms with van der Waals surface area (Å²) in [6, 6.07) is 0. The molecule has 2 N–H and O–H groups in total. The van der Waals surface area contributed by atoms with E-state index >= 15 is 0 Å². The Kier molecular flexibility index (Phi) is 3.28. The van der Waals surface area contributed by atoms with Crippen molar-refractivity contribution in [3.63, 3.8) is 0 Å². The zero-order valence-corrected chi connectivity index (χ0v) is 15.1. The molecule has 6 heteroatoms. The molecule has 0 unspecified atom stereocenters. The first-order valence-electron chi connectivity index (χ1n) is 9.80. The molecule has 2 heterocycles. The summed E-state index contributed by atoms with van der Waals surface area (Å²) in [4.78, 5) is 25.9. The van der Waals surface area contributed by atoms with Gasteiger partial charge in [-0.25, -0.2) is 4.98 Å². The number of H-pyrrole nitrogens is 1. The lowest BCUT2D eigenvalue weighted by atomic mass is 9.49. The first-order valence-corrected chi connectivity index (χ1v) is 9.80. The summed E-state index contributed by atoms with van der Waals surface area (Å²) in [5.41, 5.74) is 1.32. The Morgan fingerprint density at radius 3 is 2.36 bits per heavy atom. The fourth-order valence-electron chi connectivity index (χ4n) is 6.26. The molecule has 4 saturated carbocycles. The van der Waals surface area contributed by atoms with Gasteiger partial charge in [-0.3, -0.25) is 9.36 Å². The van der Waals surface area contributed by atoms with Crippen molar-refractivity contribution in [2.75, 3.05) is 12.4 Å². The van der Waals surface area contributed by atoms with E-state index in [1.165, 1.54) is 38.5 Å². The van der Waals surface area contributed by atoms with Crippen molar-refractivity contribution in [3.05, 3.63) is 16.2 Å². The number of aromatic nitrogens is 4. The molecule has 0 saturated heterocycles. The molecule has 4 aliphatic carbocycles. The van der Waals surface area contributed by atoms with E-state index in [9.17, 15) is 4.79 Å². The van der Waals surface area contributed by atoms with E-state index in [2.05, 4.69) is 22.2 Å². The maximum absolute atomic E-state index is 13.0. The Balaban J connectivity index is 1.64. The Labute approximate surface area is 147 Å². The lowest BCUT2D eigenvalue weighted by molar-refractivity contribution is -0.00888. The predicted molar refractivity (Wildman–Crippen MR) is 97.8 cm³/mol. The van der Waals surface area contributed by atoms with Crippen LogP contribution in [-0.2, 0) is 12.0 Å². The van der Waals surface area contributed by atoms with Gasteiger partial charge < -0.3 is 10.3 Å². The van der Waals surface area contributed by atoms with E-state index < -0.39 is 0 Å². The molecule has 4 fully saturated rings. The third-order valence-corrected chi connectivity index (χ3v) is 6.82. The summed E-state index contributed by atoms with van der Waals surface area (Å²) in [5, 5.41) is 3.06. The van der Waals surface area contributed by atoms with E-state index in [-0.39, 0.29) is 11.0 Å². The molecular formula is C19H27N5O. The number of anilines is 1. The third kappa shape index (κ3) is 2.19. The van der Waals surface area contributed by atoms with Gasteiger partial charge >= 0.3 is 0 Å². The minimum atomic E-state index is -0.000298. The smallest absolute Gasteiger partial charge is 0.280 e. The molecule has 4 aliphatic rings. The number of nitrogens with one attached hydrogen (secondary N) is 2. The SMILES string of the molecule is CCCn1c(NC)nc2nc(C34CC5CC(CC(C5)C3)C4)[nH]c2c1=O. The second kappa shape index (κ2) is 5.32. The quantitative estimate of drug-likeness (QED) is 0.896. The topological polar surface area (TPSA) is 75.6 Å². The van der Waals surface area contributed by atoms with Gasteiger partial charge in [0.2, 0.25) is 5.95 Å². The van der Waals surface area contributed by atoms with Crippen LogP contribution in [0.5, 0.6) is 0 Å². The Hall–Kier alpha value is -1.85. The molecule has 25 heavy (non-hydrogen) atoms. The average Bonchev–Trinajstić information content (AvgIpc) is 3.01. The molecule has 0 aromatic carbocycles.